The van der Waals surface area contributed by atoms with Crippen molar-refractivity contribution in [1.82, 2.24) is 0 Å². The zero-order valence-corrected chi connectivity index (χ0v) is 8.09. The molecule has 1 aromatic rings. The predicted octanol–water partition coefficient (Wildman–Crippen LogP) is 3.02. The number of hydrogen-bond acceptors (Lipinski definition) is 1. The minimum absolute atomic E-state index is 0.197. The van der Waals surface area contributed by atoms with Crippen LogP contribution in [0.3, 0.4) is 0 Å². The lowest BCUT2D eigenvalue weighted by atomic mass is 10.2. The summed E-state index contributed by atoms with van der Waals surface area (Å²) in [6.07, 6.45) is -3.33. The molecule has 0 saturated carbocycles. The van der Waals surface area contributed by atoms with Crippen LogP contribution >= 0.6 is 0 Å². The smallest absolute Gasteiger partial charge is 0.360 e. The van der Waals surface area contributed by atoms with E-state index in [1.54, 1.807) is 24.3 Å². The number of benzene rings is 1. The summed E-state index contributed by atoms with van der Waals surface area (Å²) in [5.41, 5.74) is 0.633. The molecule has 81 valence electrons. The van der Waals surface area contributed by atoms with Gasteiger partial charge in [-0.3, -0.25) is 0 Å². The zero-order chi connectivity index (χ0) is 10.9. The number of nitrogens with zero attached hydrogens (tertiary/aromatic N) is 1. The lowest BCUT2D eigenvalue weighted by Gasteiger charge is -2.28. The molecule has 1 atom stereocenters. The van der Waals surface area contributed by atoms with E-state index >= 15 is 0 Å². The molecule has 1 heterocycles. The van der Waals surface area contributed by atoms with Crippen molar-refractivity contribution in [2.24, 2.45) is 0 Å². The lowest BCUT2D eigenvalue weighted by molar-refractivity contribution is -0.145. The summed E-state index contributed by atoms with van der Waals surface area (Å²) in [7, 11) is 0. The SMILES string of the molecule is FC(F)(F)C1CCCN1c1cc[c]cc1. The molecule has 0 amide bonds. The summed E-state index contributed by atoms with van der Waals surface area (Å²) in [5.74, 6) is 0. The molecule has 4 heteroatoms. The Bertz CT molecular complexity index is 320. The van der Waals surface area contributed by atoms with Gasteiger partial charge in [-0.25, -0.2) is 0 Å². The van der Waals surface area contributed by atoms with Crippen LogP contribution in [0.4, 0.5) is 18.9 Å². The molecule has 1 nitrogen and oxygen atoms in total. The lowest BCUT2D eigenvalue weighted by Crippen LogP contribution is -2.41. The number of rotatable bonds is 1. The first kappa shape index (κ1) is 10.3. The van der Waals surface area contributed by atoms with Crippen LogP contribution in [0.25, 0.3) is 0 Å². The van der Waals surface area contributed by atoms with Crippen molar-refractivity contribution in [3.63, 3.8) is 0 Å². The van der Waals surface area contributed by atoms with Crippen molar-refractivity contribution in [1.29, 1.82) is 0 Å². The van der Waals surface area contributed by atoms with Gasteiger partial charge in [0.15, 0.2) is 0 Å². The van der Waals surface area contributed by atoms with Crippen molar-refractivity contribution in [2.45, 2.75) is 25.1 Å². The van der Waals surface area contributed by atoms with Gasteiger partial charge in [-0.05, 0) is 31.0 Å². The van der Waals surface area contributed by atoms with Gasteiger partial charge < -0.3 is 4.90 Å². The van der Waals surface area contributed by atoms with E-state index in [4.69, 9.17) is 0 Å². The third-order valence-electron chi connectivity index (χ3n) is 2.66. The fourth-order valence-corrected chi connectivity index (χ4v) is 1.99. The van der Waals surface area contributed by atoms with Gasteiger partial charge in [-0.15, -0.1) is 0 Å². The largest absolute Gasteiger partial charge is 0.408 e. The molecule has 15 heavy (non-hydrogen) atoms. The highest BCUT2D eigenvalue weighted by Gasteiger charge is 2.45. The van der Waals surface area contributed by atoms with Crippen LogP contribution in [0, 0.1) is 6.07 Å². The topological polar surface area (TPSA) is 3.24 Å². The fraction of sp³-hybridized carbons (Fsp3) is 0.455. The summed E-state index contributed by atoms with van der Waals surface area (Å²) in [4.78, 5) is 1.42. The Kier molecular flexibility index (Phi) is 2.59. The van der Waals surface area contributed by atoms with Crippen molar-refractivity contribution in [3.05, 3.63) is 30.3 Å². The fourth-order valence-electron chi connectivity index (χ4n) is 1.99. The van der Waals surface area contributed by atoms with Gasteiger partial charge in [-0.1, -0.05) is 12.1 Å². The molecular formula is C11H11F3N. The molecule has 1 fully saturated rings. The first-order chi connectivity index (χ1) is 7.09. The van der Waals surface area contributed by atoms with Crippen LogP contribution in [0.5, 0.6) is 0 Å². The highest BCUT2D eigenvalue weighted by atomic mass is 19.4. The first-order valence-electron chi connectivity index (χ1n) is 4.88. The number of halogens is 3. The summed E-state index contributed by atoms with van der Waals surface area (Å²) in [6, 6.07) is 8.10. The maximum Gasteiger partial charge on any atom is 0.408 e. The maximum absolute atomic E-state index is 12.6. The Morgan fingerprint density at radius 1 is 1.27 bits per heavy atom. The maximum atomic E-state index is 12.6. The van der Waals surface area contributed by atoms with Crippen LogP contribution in [0.1, 0.15) is 12.8 Å². The highest BCUT2D eigenvalue weighted by molar-refractivity contribution is 5.48. The second-order valence-corrected chi connectivity index (χ2v) is 3.65. The van der Waals surface area contributed by atoms with E-state index in [9.17, 15) is 13.2 Å². The summed E-state index contributed by atoms with van der Waals surface area (Å²) >= 11 is 0. The Labute approximate surface area is 86.5 Å². The highest BCUT2D eigenvalue weighted by Crippen LogP contribution is 2.35. The number of alkyl halides is 3. The molecule has 1 radical (unpaired) electrons. The second-order valence-electron chi connectivity index (χ2n) is 3.65. The third-order valence-corrected chi connectivity index (χ3v) is 2.66. The second kappa shape index (κ2) is 3.76. The molecule has 0 aliphatic carbocycles. The average Bonchev–Trinajstić information content (AvgIpc) is 2.67. The van der Waals surface area contributed by atoms with E-state index < -0.39 is 12.2 Å². The van der Waals surface area contributed by atoms with E-state index in [2.05, 4.69) is 6.07 Å². The van der Waals surface area contributed by atoms with E-state index in [0.717, 1.165) is 0 Å². The normalized spacial score (nSPS) is 22.1. The molecule has 0 bridgehead atoms. The van der Waals surface area contributed by atoms with Gasteiger partial charge in [0.05, 0.1) is 0 Å². The number of anilines is 1. The quantitative estimate of drug-likeness (QED) is 0.694. The summed E-state index contributed by atoms with van der Waals surface area (Å²) in [6.45, 7) is 0.480. The molecular weight excluding hydrogens is 203 g/mol. The molecule has 1 saturated heterocycles. The molecule has 1 aliphatic heterocycles. The summed E-state index contributed by atoms with van der Waals surface area (Å²) < 4.78 is 37.9. The van der Waals surface area contributed by atoms with Crippen LogP contribution in [0.15, 0.2) is 24.3 Å². The zero-order valence-electron chi connectivity index (χ0n) is 8.09. The minimum atomic E-state index is -4.13. The van der Waals surface area contributed by atoms with Gasteiger partial charge >= 0.3 is 6.18 Å². The van der Waals surface area contributed by atoms with Crippen LogP contribution in [0.2, 0.25) is 0 Å². The molecule has 0 spiro atoms. The van der Waals surface area contributed by atoms with Crippen LogP contribution in [-0.2, 0) is 0 Å². The molecule has 0 N–H and O–H groups in total. The average molecular weight is 214 g/mol. The van der Waals surface area contributed by atoms with Gasteiger partial charge in [0.2, 0.25) is 0 Å². The van der Waals surface area contributed by atoms with Gasteiger partial charge in [0.25, 0.3) is 0 Å². The molecule has 1 aromatic carbocycles. The third kappa shape index (κ3) is 2.08. The number of hydrogen-bond donors (Lipinski definition) is 0. The minimum Gasteiger partial charge on any atom is -0.360 e. The molecule has 0 aromatic heterocycles. The van der Waals surface area contributed by atoms with Gasteiger partial charge in [0.1, 0.15) is 6.04 Å². The molecule has 2 rings (SSSR count). The monoisotopic (exact) mass is 214 g/mol. The Hall–Kier alpha value is -1.19. The van der Waals surface area contributed by atoms with Crippen LogP contribution in [-0.4, -0.2) is 18.8 Å². The Morgan fingerprint density at radius 3 is 2.53 bits per heavy atom. The Balaban J connectivity index is 2.23. The van der Waals surface area contributed by atoms with E-state index in [1.165, 1.54) is 4.90 Å². The van der Waals surface area contributed by atoms with Gasteiger partial charge in [0, 0.05) is 12.2 Å². The molecule has 1 aliphatic rings. The summed E-state index contributed by atoms with van der Waals surface area (Å²) in [5, 5.41) is 0. The standard InChI is InChI=1S/C11H11F3N/c12-11(13,14)10-7-4-8-15(10)9-5-2-1-3-6-9/h2-3,5-6,10H,4,7-8H2. The van der Waals surface area contributed by atoms with E-state index in [-0.39, 0.29) is 6.42 Å². The van der Waals surface area contributed by atoms with Crippen LogP contribution < -0.4 is 4.90 Å². The van der Waals surface area contributed by atoms with E-state index in [0.29, 0.717) is 18.7 Å². The van der Waals surface area contributed by atoms with Gasteiger partial charge in [-0.2, -0.15) is 13.2 Å². The van der Waals surface area contributed by atoms with E-state index in [1.807, 2.05) is 0 Å². The van der Waals surface area contributed by atoms with Crippen molar-refractivity contribution < 1.29 is 13.2 Å². The van der Waals surface area contributed by atoms with Crippen molar-refractivity contribution in [3.8, 4) is 0 Å². The predicted molar refractivity (Wildman–Crippen MR) is 51.7 cm³/mol. The Morgan fingerprint density at radius 2 is 1.93 bits per heavy atom. The molecule has 1 unspecified atom stereocenters. The van der Waals surface area contributed by atoms with Crippen molar-refractivity contribution >= 4 is 5.69 Å². The van der Waals surface area contributed by atoms with Crippen molar-refractivity contribution in [2.75, 3.05) is 11.4 Å². The first-order valence-corrected chi connectivity index (χ1v) is 4.88.